The molecule has 1 saturated carbocycles. The van der Waals surface area contributed by atoms with Gasteiger partial charge in [-0.2, -0.15) is 0 Å². The van der Waals surface area contributed by atoms with Crippen molar-refractivity contribution in [1.29, 1.82) is 0 Å². The molecular formula is C31H34ClF3. The highest BCUT2D eigenvalue weighted by atomic mass is 35.5. The first-order valence-electron chi connectivity index (χ1n) is 12.9. The Morgan fingerprint density at radius 3 is 1.94 bits per heavy atom. The third kappa shape index (κ3) is 6.91. The Hall–Kier alpha value is -2.26. The number of rotatable bonds is 9. The van der Waals surface area contributed by atoms with Gasteiger partial charge in [-0.25, -0.2) is 13.2 Å². The Balaban J connectivity index is 1.27. The van der Waals surface area contributed by atoms with Crippen molar-refractivity contribution < 1.29 is 13.2 Å². The van der Waals surface area contributed by atoms with Gasteiger partial charge in [0.05, 0.1) is 5.02 Å². The molecule has 0 aromatic heterocycles. The van der Waals surface area contributed by atoms with Gasteiger partial charge in [0.1, 0.15) is 17.5 Å². The van der Waals surface area contributed by atoms with E-state index in [9.17, 15) is 13.2 Å². The van der Waals surface area contributed by atoms with Crippen LogP contribution in [0.2, 0.25) is 5.02 Å². The molecule has 0 N–H and O–H groups in total. The van der Waals surface area contributed by atoms with Gasteiger partial charge in [0.25, 0.3) is 0 Å². The number of hydrogen-bond donors (Lipinski definition) is 0. The highest BCUT2D eigenvalue weighted by molar-refractivity contribution is 6.30. The third-order valence-electron chi connectivity index (χ3n) is 7.53. The van der Waals surface area contributed by atoms with Crippen molar-refractivity contribution in [1.82, 2.24) is 0 Å². The lowest BCUT2D eigenvalue weighted by atomic mass is 9.76. The molecule has 186 valence electrons. The smallest absolute Gasteiger partial charge is 0.142 e. The summed E-state index contributed by atoms with van der Waals surface area (Å²) in [5.41, 5.74) is 4.31. The van der Waals surface area contributed by atoms with Gasteiger partial charge >= 0.3 is 0 Å². The van der Waals surface area contributed by atoms with Crippen molar-refractivity contribution in [2.45, 2.75) is 77.0 Å². The number of hydrogen-bond acceptors (Lipinski definition) is 0. The molecule has 35 heavy (non-hydrogen) atoms. The highest BCUT2D eigenvalue weighted by Crippen LogP contribution is 2.37. The number of aryl methyl sites for hydroxylation is 3. The van der Waals surface area contributed by atoms with Gasteiger partial charge < -0.3 is 0 Å². The largest absolute Gasteiger partial charge is 0.207 e. The van der Waals surface area contributed by atoms with Gasteiger partial charge in [-0.05, 0) is 116 Å². The Morgan fingerprint density at radius 2 is 1.31 bits per heavy atom. The first-order valence-corrected chi connectivity index (χ1v) is 13.3. The van der Waals surface area contributed by atoms with Gasteiger partial charge in [0.2, 0.25) is 0 Å². The number of benzene rings is 3. The SMILES string of the molecule is CCCc1ccc([C@H]2CC[C@H](CCc3cc(F)c(CCc4ccc(Cl)c(F)c4)c(F)c3)CC2)cc1. The lowest BCUT2D eigenvalue weighted by Gasteiger charge is -2.29. The quantitative estimate of drug-likeness (QED) is 0.275. The lowest BCUT2D eigenvalue weighted by molar-refractivity contribution is 0.310. The van der Waals surface area contributed by atoms with Crippen molar-refractivity contribution in [2.75, 3.05) is 0 Å². The van der Waals surface area contributed by atoms with Crippen LogP contribution in [0.15, 0.2) is 54.6 Å². The monoisotopic (exact) mass is 498 g/mol. The molecule has 1 aliphatic carbocycles. The van der Waals surface area contributed by atoms with E-state index in [0.717, 1.165) is 18.4 Å². The summed E-state index contributed by atoms with van der Waals surface area (Å²) in [5, 5.41) is 0.0463. The first-order chi connectivity index (χ1) is 16.9. The van der Waals surface area contributed by atoms with E-state index in [1.807, 2.05) is 0 Å². The third-order valence-corrected chi connectivity index (χ3v) is 7.83. The summed E-state index contributed by atoms with van der Waals surface area (Å²) in [6, 6.07) is 16.6. The maximum atomic E-state index is 14.7. The minimum atomic E-state index is -0.514. The van der Waals surface area contributed by atoms with Crippen LogP contribution in [0.1, 0.15) is 79.2 Å². The van der Waals surface area contributed by atoms with Crippen LogP contribution in [0.3, 0.4) is 0 Å². The summed E-state index contributed by atoms with van der Waals surface area (Å²) in [4.78, 5) is 0. The zero-order valence-corrected chi connectivity index (χ0v) is 21.2. The Labute approximate surface area is 212 Å². The average Bonchev–Trinajstić information content (AvgIpc) is 2.85. The molecule has 0 bridgehead atoms. The Bertz CT molecular complexity index is 1090. The van der Waals surface area contributed by atoms with E-state index in [1.165, 1.54) is 67.5 Å². The predicted octanol–water partition coefficient (Wildman–Crippen LogP) is 9.40. The van der Waals surface area contributed by atoms with Gasteiger partial charge in [-0.1, -0.05) is 55.3 Å². The molecule has 0 aliphatic heterocycles. The molecule has 0 saturated heterocycles. The molecule has 1 fully saturated rings. The van der Waals surface area contributed by atoms with Crippen LogP contribution in [0.25, 0.3) is 0 Å². The highest BCUT2D eigenvalue weighted by Gasteiger charge is 2.22. The average molecular weight is 499 g/mol. The van der Waals surface area contributed by atoms with Crippen molar-refractivity contribution in [3.8, 4) is 0 Å². The van der Waals surface area contributed by atoms with Crippen molar-refractivity contribution >= 4 is 11.6 Å². The maximum Gasteiger partial charge on any atom is 0.142 e. The minimum absolute atomic E-state index is 0.0463. The second-order valence-corrected chi connectivity index (χ2v) is 10.4. The molecule has 0 radical (unpaired) electrons. The molecule has 3 aromatic carbocycles. The minimum Gasteiger partial charge on any atom is -0.207 e. The summed E-state index contributed by atoms with van der Waals surface area (Å²) >= 11 is 5.71. The fourth-order valence-electron chi connectivity index (χ4n) is 5.40. The fourth-order valence-corrected chi connectivity index (χ4v) is 5.52. The van der Waals surface area contributed by atoms with Crippen LogP contribution in [0.4, 0.5) is 13.2 Å². The lowest BCUT2D eigenvalue weighted by Crippen LogP contribution is -2.14. The summed E-state index contributed by atoms with van der Waals surface area (Å²) in [6.45, 7) is 2.21. The standard InChI is InChI=1S/C31H34ClF3/c1-2-3-21-6-12-25(13-7-21)26-14-8-22(9-15-26)4-5-24-19-29(33)27(30(34)20-24)16-10-23-11-17-28(32)31(35)18-23/h6-7,11-13,17-20,22,26H,2-5,8-10,14-16H2,1H3/t22-,26-. The second-order valence-electron chi connectivity index (χ2n) is 10.0. The summed E-state index contributed by atoms with van der Waals surface area (Å²) in [6.07, 6.45) is 9.21. The summed E-state index contributed by atoms with van der Waals surface area (Å²) in [7, 11) is 0. The molecule has 4 rings (SSSR count). The van der Waals surface area contributed by atoms with Crippen LogP contribution in [0.5, 0.6) is 0 Å². The molecule has 3 aromatic rings. The van der Waals surface area contributed by atoms with E-state index in [1.54, 1.807) is 6.07 Å². The molecule has 0 spiro atoms. The molecule has 0 atom stereocenters. The van der Waals surface area contributed by atoms with Crippen molar-refractivity contribution in [3.05, 3.63) is 105 Å². The zero-order chi connectivity index (χ0) is 24.8. The normalized spacial score (nSPS) is 18.1. The summed E-state index contributed by atoms with van der Waals surface area (Å²) < 4.78 is 43.0. The van der Waals surface area contributed by atoms with Gasteiger partial charge in [0.15, 0.2) is 0 Å². The van der Waals surface area contributed by atoms with E-state index in [0.29, 0.717) is 30.2 Å². The molecule has 0 unspecified atom stereocenters. The molecular weight excluding hydrogens is 465 g/mol. The van der Waals surface area contributed by atoms with Gasteiger partial charge in [-0.15, -0.1) is 0 Å². The second kappa shape index (κ2) is 12.1. The van der Waals surface area contributed by atoms with E-state index in [2.05, 4.69) is 31.2 Å². The van der Waals surface area contributed by atoms with E-state index in [4.69, 9.17) is 11.6 Å². The van der Waals surface area contributed by atoms with Gasteiger partial charge in [0, 0.05) is 5.56 Å². The first kappa shape index (κ1) is 25.8. The maximum absolute atomic E-state index is 14.7. The topological polar surface area (TPSA) is 0 Å². The van der Waals surface area contributed by atoms with E-state index < -0.39 is 17.5 Å². The molecule has 1 aliphatic rings. The van der Waals surface area contributed by atoms with E-state index >= 15 is 0 Å². The van der Waals surface area contributed by atoms with Crippen molar-refractivity contribution in [2.24, 2.45) is 5.92 Å². The predicted molar refractivity (Wildman–Crippen MR) is 139 cm³/mol. The van der Waals surface area contributed by atoms with Crippen LogP contribution < -0.4 is 0 Å². The summed E-state index contributed by atoms with van der Waals surface area (Å²) in [5.74, 6) is -0.296. The molecule has 0 heterocycles. The Kier molecular flexibility index (Phi) is 8.94. The van der Waals surface area contributed by atoms with E-state index in [-0.39, 0.29) is 17.0 Å². The Morgan fingerprint density at radius 1 is 0.686 bits per heavy atom. The zero-order valence-electron chi connectivity index (χ0n) is 20.4. The van der Waals surface area contributed by atoms with Crippen molar-refractivity contribution in [3.63, 3.8) is 0 Å². The van der Waals surface area contributed by atoms with Crippen LogP contribution in [0, 0.1) is 23.4 Å². The molecule has 0 nitrogen and oxygen atoms in total. The van der Waals surface area contributed by atoms with Gasteiger partial charge in [-0.3, -0.25) is 0 Å². The van der Waals surface area contributed by atoms with Crippen LogP contribution >= 0.6 is 11.6 Å². The van der Waals surface area contributed by atoms with Crippen LogP contribution in [-0.2, 0) is 25.7 Å². The fraction of sp³-hybridized carbons (Fsp3) is 0.419. The molecule has 0 amide bonds. The van der Waals surface area contributed by atoms with Crippen LogP contribution in [-0.4, -0.2) is 0 Å². The number of halogens is 4. The molecule has 4 heteroatoms.